The maximum Gasteiger partial charge on any atom is 0.115 e. The number of phenols is 1. The molecule has 0 unspecified atom stereocenters. The Hall–Kier alpha value is -1.02. The molecule has 0 aromatic heterocycles. The number of hydrogen-bond acceptors (Lipinski definition) is 2. The van der Waals surface area contributed by atoms with Crippen molar-refractivity contribution in [1.82, 2.24) is 0 Å². The first kappa shape index (κ1) is 12.7. The highest BCUT2D eigenvalue weighted by atomic mass is 16.3. The average molecular weight is 272 g/mol. The summed E-state index contributed by atoms with van der Waals surface area (Å²) in [4.78, 5) is 0. The van der Waals surface area contributed by atoms with Crippen LogP contribution in [0.25, 0.3) is 0 Å². The summed E-state index contributed by atoms with van der Waals surface area (Å²) < 4.78 is 0. The first-order chi connectivity index (χ1) is 9.59. The van der Waals surface area contributed by atoms with E-state index < -0.39 is 0 Å². The Morgan fingerprint density at radius 3 is 2.85 bits per heavy atom. The van der Waals surface area contributed by atoms with E-state index in [0.717, 1.165) is 25.2 Å². The summed E-state index contributed by atoms with van der Waals surface area (Å²) in [6.45, 7) is 2.32. The highest BCUT2D eigenvalue weighted by Gasteiger charge is 2.54. The lowest BCUT2D eigenvalue weighted by molar-refractivity contribution is -0.0226. The van der Waals surface area contributed by atoms with Crippen LogP contribution in [0.4, 0.5) is 0 Å². The van der Waals surface area contributed by atoms with Crippen LogP contribution in [-0.4, -0.2) is 16.3 Å². The zero-order chi connectivity index (χ0) is 13.9. The molecular weight excluding hydrogens is 248 g/mol. The maximum absolute atomic E-state index is 10.4. The van der Waals surface area contributed by atoms with Gasteiger partial charge in [-0.25, -0.2) is 0 Å². The van der Waals surface area contributed by atoms with Gasteiger partial charge in [-0.2, -0.15) is 0 Å². The zero-order valence-electron chi connectivity index (χ0n) is 12.2. The molecular formula is C18H24O2. The molecule has 1 aromatic rings. The van der Waals surface area contributed by atoms with Gasteiger partial charge in [-0.15, -0.1) is 0 Å². The fourth-order valence-electron chi connectivity index (χ4n) is 5.54. The molecule has 1 aromatic carbocycles. The van der Waals surface area contributed by atoms with Crippen LogP contribution < -0.4 is 0 Å². The van der Waals surface area contributed by atoms with E-state index in [4.69, 9.17) is 0 Å². The second-order valence-electron chi connectivity index (χ2n) is 7.44. The van der Waals surface area contributed by atoms with E-state index in [1.165, 1.54) is 30.4 Å². The van der Waals surface area contributed by atoms with Gasteiger partial charge < -0.3 is 10.2 Å². The van der Waals surface area contributed by atoms with Gasteiger partial charge in [-0.05, 0) is 85.0 Å². The van der Waals surface area contributed by atoms with Crippen LogP contribution in [0.15, 0.2) is 18.2 Å². The van der Waals surface area contributed by atoms with E-state index in [1.54, 1.807) is 0 Å². The minimum absolute atomic E-state index is 0.0883. The molecule has 20 heavy (non-hydrogen) atoms. The van der Waals surface area contributed by atoms with Gasteiger partial charge in [0.15, 0.2) is 0 Å². The third kappa shape index (κ3) is 1.60. The van der Waals surface area contributed by atoms with Crippen LogP contribution in [0.5, 0.6) is 5.75 Å². The second-order valence-corrected chi connectivity index (χ2v) is 7.44. The van der Waals surface area contributed by atoms with Crippen LogP contribution in [0.3, 0.4) is 0 Å². The SMILES string of the molecule is C[C@]12CC[C@@H]3c4ccc(O)cc4CC[C@H]3[C@H]1CC[C@H]2O. The first-order valence-electron chi connectivity index (χ1n) is 8.09. The number of aliphatic hydroxyl groups excluding tert-OH is 1. The predicted molar refractivity (Wildman–Crippen MR) is 78.7 cm³/mol. The van der Waals surface area contributed by atoms with Crippen LogP contribution in [0.2, 0.25) is 0 Å². The van der Waals surface area contributed by atoms with Crippen molar-refractivity contribution in [2.75, 3.05) is 0 Å². The van der Waals surface area contributed by atoms with Crippen molar-refractivity contribution in [1.29, 1.82) is 0 Å². The number of fused-ring (bicyclic) bond motifs is 5. The van der Waals surface area contributed by atoms with Crippen molar-refractivity contribution in [2.24, 2.45) is 17.3 Å². The average Bonchev–Trinajstić information content (AvgIpc) is 2.74. The third-order valence-corrected chi connectivity index (χ3v) is 6.66. The van der Waals surface area contributed by atoms with Crippen LogP contribution >= 0.6 is 0 Å². The molecule has 5 atom stereocenters. The molecule has 2 heteroatoms. The molecule has 0 amide bonds. The molecule has 0 aliphatic heterocycles. The van der Waals surface area contributed by atoms with E-state index in [9.17, 15) is 10.2 Å². The second kappa shape index (κ2) is 4.24. The van der Waals surface area contributed by atoms with Crippen molar-refractivity contribution < 1.29 is 10.2 Å². The number of aliphatic hydroxyl groups is 1. The number of rotatable bonds is 0. The molecule has 2 nitrogen and oxygen atoms in total. The van der Waals surface area contributed by atoms with Crippen LogP contribution in [0.1, 0.15) is 56.1 Å². The van der Waals surface area contributed by atoms with Gasteiger partial charge in [0.25, 0.3) is 0 Å². The van der Waals surface area contributed by atoms with E-state index in [1.807, 2.05) is 12.1 Å². The molecule has 3 aliphatic carbocycles. The van der Waals surface area contributed by atoms with Gasteiger partial charge in [0.2, 0.25) is 0 Å². The Morgan fingerprint density at radius 2 is 2.00 bits per heavy atom. The minimum atomic E-state index is -0.0883. The van der Waals surface area contributed by atoms with Crippen molar-refractivity contribution in [3.63, 3.8) is 0 Å². The molecule has 2 fully saturated rings. The molecule has 0 heterocycles. The Morgan fingerprint density at radius 1 is 1.15 bits per heavy atom. The molecule has 0 radical (unpaired) electrons. The van der Waals surface area contributed by atoms with Gasteiger partial charge in [0, 0.05) is 0 Å². The molecule has 2 N–H and O–H groups in total. The lowest BCUT2D eigenvalue weighted by atomic mass is 9.55. The topological polar surface area (TPSA) is 40.5 Å². The van der Waals surface area contributed by atoms with E-state index in [2.05, 4.69) is 13.0 Å². The molecule has 0 saturated heterocycles. The summed E-state index contributed by atoms with van der Waals surface area (Å²) in [6.07, 6.45) is 6.78. The van der Waals surface area contributed by atoms with Crippen molar-refractivity contribution in [3.8, 4) is 5.75 Å². The summed E-state index contributed by atoms with van der Waals surface area (Å²) in [6, 6.07) is 5.96. The van der Waals surface area contributed by atoms with Gasteiger partial charge in [-0.3, -0.25) is 0 Å². The molecule has 3 aliphatic rings. The monoisotopic (exact) mass is 272 g/mol. The normalized spacial score (nSPS) is 42.7. The highest BCUT2D eigenvalue weighted by Crippen LogP contribution is 2.60. The standard InChI is InChI=1S/C18H24O2/c1-18-9-8-14-13-5-3-12(19)10-11(13)2-4-15(14)16(18)6-7-17(18)20/h3,5,10,14-17,19-20H,2,4,6-9H2,1H3/t14-,15-,16-,17-,18+/m1/s1. The number of aromatic hydroxyl groups is 1. The molecule has 0 spiro atoms. The van der Waals surface area contributed by atoms with Gasteiger partial charge >= 0.3 is 0 Å². The molecule has 0 bridgehead atoms. The van der Waals surface area contributed by atoms with E-state index in [-0.39, 0.29) is 11.5 Å². The number of benzene rings is 1. The molecule has 2 saturated carbocycles. The Balaban J connectivity index is 1.71. The lowest BCUT2D eigenvalue weighted by Crippen LogP contribution is -2.43. The van der Waals surface area contributed by atoms with Gasteiger partial charge in [0.1, 0.15) is 5.75 Å². The minimum Gasteiger partial charge on any atom is -0.508 e. The molecule has 4 rings (SSSR count). The van der Waals surface area contributed by atoms with Crippen molar-refractivity contribution in [3.05, 3.63) is 29.3 Å². The predicted octanol–water partition coefficient (Wildman–Crippen LogP) is 3.61. The van der Waals surface area contributed by atoms with Gasteiger partial charge in [0.05, 0.1) is 6.10 Å². The van der Waals surface area contributed by atoms with Crippen LogP contribution in [-0.2, 0) is 6.42 Å². The third-order valence-electron chi connectivity index (χ3n) is 6.66. The highest BCUT2D eigenvalue weighted by molar-refractivity contribution is 5.40. The van der Waals surface area contributed by atoms with Crippen molar-refractivity contribution >= 4 is 0 Å². The largest absolute Gasteiger partial charge is 0.508 e. The summed E-state index contributed by atoms with van der Waals surface area (Å²) in [7, 11) is 0. The quantitative estimate of drug-likeness (QED) is 0.757. The Labute approximate surface area is 120 Å². The maximum atomic E-state index is 10.4. The Kier molecular flexibility index (Phi) is 2.69. The number of aryl methyl sites for hydroxylation is 1. The fraction of sp³-hybridized carbons (Fsp3) is 0.667. The van der Waals surface area contributed by atoms with Gasteiger partial charge in [-0.1, -0.05) is 13.0 Å². The zero-order valence-corrected chi connectivity index (χ0v) is 12.2. The summed E-state index contributed by atoms with van der Waals surface area (Å²) >= 11 is 0. The number of phenolic OH excluding ortho intramolecular Hbond substituents is 1. The number of hydrogen-bond donors (Lipinski definition) is 2. The fourth-order valence-corrected chi connectivity index (χ4v) is 5.54. The lowest BCUT2D eigenvalue weighted by Gasteiger charge is -2.50. The molecule has 108 valence electrons. The smallest absolute Gasteiger partial charge is 0.115 e. The van der Waals surface area contributed by atoms with Crippen molar-refractivity contribution in [2.45, 2.75) is 57.5 Å². The van der Waals surface area contributed by atoms with E-state index in [0.29, 0.717) is 17.6 Å². The van der Waals surface area contributed by atoms with E-state index >= 15 is 0 Å². The van der Waals surface area contributed by atoms with Crippen LogP contribution in [0, 0.1) is 17.3 Å². The first-order valence-corrected chi connectivity index (χ1v) is 8.09. The Bertz CT molecular complexity index is 538. The summed E-state index contributed by atoms with van der Waals surface area (Å²) in [5.74, 6) is 2.49. The summed E-state index contributed by atoms with van der Waals surface area (Å²) in [5.41, 5.74) is 2.99. The summed E-state index contributed by atoms with van der Waals surface area (Å²) in [5, 5.41) is 20.0.